The molecule has 0 heterocycles. The first-order valence-corrected chi connectivity index (χ1v) is 6.43. The molecule has 0 bridgehead atoms. The monoisotopic (exact) mass is 272 g/mol. The van der Waals surface area contributed by atoms with Crippen LogP contribution in [0.3, 0.4) is 0 Å². The summed E-state index contributed by atoms with van der Waals surface area (Å²) in [4.78, 5) is 22.4. The van der Waals surface area contributed by atoms with Gasteiger partial charge in [-0.05, 0) is 22.8 Å². The number of hydrogen-bond donors (Lipinski definition) is 2. The van der Waals surface area contributed by atoms with Crippen molar-refractivity contribution in [2.24, 2.45) is 11.8 Å². The number of benzene rings is 2. The van der Waals surface area contributed by atoms with Gasteiger partial charge in [0.05, 0.1) is 11.8 Å². The molecule has 0 saturated carbocycles. The lowest BCUT2D eigenvalue weighted by atomic mass is 9.86. The van der Waals surface area contributed by atoms with E-state index in [0.717, 1.165) is 16.3 Å². The van der Waals surface area contributed by atoms with E-state index in [4.69, 9.17) is 5.11 Å². The summed E-state index contributed by atoms with van der Waals surface area (Å²) in [6, 6.07) is 13.4. The van der Waals surface area contributed by atoms with Gasteiger partial charge in [-0.15, -0.1) is 0 Å². The van der Waals surface area contributed by atoms with Gasteiger partial charge >= 0.3 is 11.9 Å². The van der Waals surface area contributed by atoms with Gasteiger partial charge in [0.2, 0.25) is 0 Å². The minimum Gasteiger partial charge on any atom is -0.481 e. The van der Waals surface area contributed by atoms with Crippen LogP contribution in [0.5, 0.6) is 0 Å². The van der Waals surface area contributed by atoms with Crippen molar-refractivity contribution in [2.45, 2.75) is 13.3 Å². The van der Waals surface area contributed by atoms with Crippen molar-refractivity contribution in [1.82, 2.24) is 0 Å². The van der Waals surface area contributed by atoms with Crippen molar-refractivity contribution in [1.29, 1.82) is 0 Å². The molecule has 0 amide bonds. The van der Waals surface area contributed by atoms with Crippen LogP contribution in [0.25, 0.3) is 10.8 Å². The van der Waals surface area contributed by atoms with E-state index in [1.54, 1.807) is 0 Å². The van der Waals surface area contributed by atoms with Crippen molar-refractivity contribution in [3.8, 4) is 0 Å². The van der Waals surface area contributed by atoms with E-state index >= 15 is 0 Å². The Balaban J connectivity index is 2.39. The first-order chi connectivity index (χ1) is 9.50. The fraction of sp³-hybridized carbons (Fsp3) is 0.250. The van der Waals surface area contributed by atoms with E-state index in [1.807, 2.05) is 42.5 Å². The lowest BCUT2D eigenvalue weighted by Gasteiger charge is -2.17. The maximum absolute atomic E-state index is 11.3. The lowest BCUT2D eigenvalue weighted by Crippen LogP contribution is -2.29. The quantitative estimate of drug-likeness (QED) is 0.877. The van der Waals surface area contributed by atoms with Crippen molar-refractivity contribution in [2.75, 3.05) is 0 Å². The van der Waals surface area contributed by atoms with E-state index in [2.05, 4.69) is 0 Å². The summed E-state index contributed by atoms with van der Waals surface area (Å²) >= 11 is 0. The minimum atomic E-state index is -1.09. The van der Waals surface area contributed by atoms with Crippen LogP contribution in [-0.4, -0.2) is 22.2 Å². The molecule has 0 aliphatic heterocycles. The molecule has 0 spiro atoms. The van der Waals surface area contributed by atoms with Crippen LogP contribution in [0, 0.1) is 11.8 Å². The fourth-order valence-corrected chi connectivity index (χ4v) is 2.36. The summed E-state index contributed by atoms with van der Waals surface area (Å²) in [5.74, 6) is -4.02. The SMILES string of the molecule is CC(C(=O)O)C(Cc1cccc2ccccc12)C(=O)O. The highest BCUT2D eigenvalue weighted by Crippen LogP contribution is 2.24. The maximum atomic E-state index is 11.3. The Kier molecular flexibility index (Phi) is 4.03. The van der Waals surface area contributed by atoms with Gasteiger partial charge in [-0.3, -0.25) is 9.59 Å². The number of rotatable bonds is 5. The van der Waals surface area contributed by atoms with Gasteiger partial charge in [-0.2, -0.15) is 0 Å². The Labute approximate surface area is 116 Å². The van der Waals surface area contributed by atoms with Gasteiger partial charge in [0.1, 0.15) is 0 Å². The van der Waals surface area contributed by atoms with Crippen LogP contribution >= 0.6 is 0 Å². The third kappa shape index (κ3) is 2.79. The van der Waals surface area contributed by atoms with E-state index in [9.17, 15) is 14.7 Å². The smallest absolute Gasteiger partial charge is 0.307 e. The number of carboxylic acid groups (broad SMARTS) is 2. The second-order valence-electron chi connectivity index (χ2n) is 4.91. The highest BCUT2D eigenvalue weighted by atomic mass is 16.4. The highest BCUT2D eigenvalue weighted by molar-refractivity contribution is 5.87. The zero-order chi connectivity index (χ0) is 14.7. The predicted octanol–water partition coefficient (Wildman–Crippen LogP) is 2.80. The molecule has 4 nitrogen and oxygen atoms in total. The number of aliphatic carboxylic acids is 2. The number of carbonyl (C=O) groups is 2. The fourth-order valence-electron chi connectivity index (χ4n) is 2.36. The number of carboxylic acids is 2. The average Bonchev–Trinajstić information content (AvgIpc) is 2.43. The molecule has 0 aliphatic carbocycles. The molecule has 20 heavy (non-hydrogen) atoms. The molecule has 2 rings (SSSR count). The summed E-state index contributed by atoms with van der Waals surface area (Å²) in [5, 5.41) is 20.3. The Bertz CT molecular complexity index is 642. The molecule has 2 aromatic carbocycles. The molecule has 2 N–H and O–H groups in total. The molecule has 2 atom stereocenters. The van der Waals surface area contributed by atoms with Crippen molar-refractivity contribution >= 4 is 22.7 Å². The van der Waals surface area contributed by atoms with Crippen LogP contribution < -0.4 is 0 Å². The average molecular weight is 272 g/mol. The Morgan fingerprint density at radius 2 is 1.65 bits per heavy atom. The maximum Gasteiger partial charge on any atom is 0.307 e. The Morgan fingerprint density at radius 1 is 1.00 bits per heavy atom. The van der Waals surface area contributed by atoms with E-state index in [1.165, 1.54) is 6.92 Å². The molecule has 0 aromatic heterocycles. The highest BCUT2D eigenvalue weighted by Gasteiger charge is 2.30. The Morgan fingerprint density at radius 3 is 2.30 bits per heavy atom. The molecule has 4 heteroatoms. The number of fused-ring (bicyclic) bond motifs is 1. The summed E-state index contributed by atoms with van der Waals surface area (Å²) in [6.07, 6.45) is 0.212. The zero-order valence-corrected chi connectivity index (χ0v) is 11.1. The summed E-state index contributed by atoms with van der Waals surface area (Å²) in [6.45, 7) is 1.44. The van der Waals surface area contributed by atoms with E-state index < -0.39 is 23.8 Å². The second-order valence-corrected chi connectivity index (χ2v) is 4.91. The molecular formula is C16H16O4. The van der Waals surface area contributed by atoms with Crippen LogP contribution in [0.2, 0.25) is 0 Å². The number of hydrogen-bond acceptors (Lipinski definition) is 2. The summed E-state index contributed by atoms with van der Waals surface area (Å²) in [7, 11) is 0. The molecule has 0 radical (unpaired) electrons. The standard InChI is InChI=1S/C16H16O4/c1-10(15(17)18)14(16(19)20)9-12-7-4-6-11-5-2-3-8-13(11)12/h2-8,10,14H,9H2,1H3,(H,17,18)(H,19,20). The normalized spacial score (nSPS) is 13.8. The van der Waals surface area contributed by atoms with Gasteiger partial charge in [0.25, 0.3) is 0 Å². The molecule has 0 fully saturated rings. The van der Waals surface area contributed by atoms with Gasteiger partial charge in [0.15, 0.2) is 0 Å². The largest absolute Gasteiger partial charge is 0.481 e. The van der Waals surface area contributed by atoms with Crippen LogP contribution in [-0.2, 0) is 16.0 Å². The molecular weight excluding hydrogens is 256 g/mol. The van der Waals surface area contributed by atoms with Crippen molar-refractivity contribution in [3.05, 3.63) is 48.0 Å². The first kappa shape index (κ1) is 14.1. The third-order valence-electron chi connectivity index (χ3n) is 3.63. The van der Waals surface area contributed by atoms with E-state index in [-0.39, 0.29) is 6.42 Å². The van der Waals surface area contributed by atoms with Crippen molar-refractivity contribution < 1.29 is 19.8 Å². The first-order valence-electron chi connectivity index (χ1n) is 6.43. The summed E-state index contributed by atoms with van der Waals surface area (Å²) in [5.41, 5.74) is 0.864. The van der Waals surface area contributed by atoms with Crippen molar-refractivity contribution in [3.63, 3.8) is 0 Å². The van der Waals surface area contributed by atoms with Gasteiger partial charge in [-0.1, -0.05) is 49.4 Å². The molecule has 0 aliphatic rings. The van der Waals surface area contributed by atoms with Gasteiger partial charge < -0.3 is 10.2 Å². The van der Waals surface area contributed by atoms with Crippen LogP contribution in [0.15, 0.2) is 42.5 Å². The van der Waals surface area contributed by atoms with Crippen LogP contribution in [0.4, 0.5) is 0 Å². The molecule has 0 saturated heterocycles. The lowest BCUT2D eigenvalue weighted by molar-refractivity contribution is -0.152. The van der Waals surface area contributed by atoms with Gasteiger partial charge in [0, 0.05) is 0 Å². The predicted molar refractivity (Wildman–Crippen MR) is 75.6 cm³/mol. The second kappa shape index (κ2) is 5.74. The Hall–Kier alpha value is -2.36. The van der Waals surface area contributed by atoms with Crippen LogP contribution in [0.1, 0.15) is 12.5 Å². The minimum absolute atomic E-state index is 0.212. The summed E-state index contributed by atoms with van der Waals surface area (Å²) < 4.78 is 0. The molecule has 2 unspecified atom stereocenters. The molecule has 104 valence electrons. The zero-order valence-electron chi connectivity index (χ0n) is 11.1. The third-order valence-corrected chi connectivity index (χ3v) is 3.63. The molecule has 2 aromatic rings. The van der Waals surface area contributed by atoms with E-state index in [0.29, 0.717) is 0 Å². The topological polar surface area (TPSA) is 74.6 Å². The van der Waals surface area contributed by atoms with Gasteiger partial charge in [-0.25, -0.2) is 0 Å².